The lowest BCUT2D eigenvalue weighted by atomic mass is 10.0. The fraction of sp³-hybridized carbons (Fsp3) is 0.143. The number of amides is 1. The van der Waals surface area contributed by atoms with Crippen LogP contribution in [0.25, 0.3) is 21.0 Å². The van der Waals surface area contributed by atoms with Crippen molar-refractivity contribution in [1.82, 2.24) is 4.98 Å². The summed E-state index contributed by atoms with van der Waals surface area (Å²) in [5.74, 6) is 0.475. The van der Waals surface area contributed by atoms with Crippen molar-refractivity contribution in [2.24, 2.45) is 0 Å². The van der Waals surface area contributed by atoms with Crippen LogP contribution in [0.5, 0.6) is 5.75 Å². The van der Waals surface area contributed by atoms with E-state index < -0.39 is 0 Å². The minimum atomic E-state index is -0.203. The molecule has 1 aromatic heterocycles. The Bertz CT molecular complexity index is 1140. The summed E-state index contributed by atoms with van der Waals surface area (Å²) in [5, 5.41) is 6.01. The summed E-state index contributed by atoms with van der Waals surface area (Å²) in [7, 11) is 0. The molecule has 1 heterocycles. The van der Waals surface area contributed by atoms with Crippen LogP contribution in [0.3, 0.4) is 0 Å². The molecule has 5 heteroatoms. The van der Waals surface area contributed by atoms with Crippen molar-refractivity contribution in [1.29, 1.82) is 0 Å². The van der Waals surface area contributed by atoms with Gasteiger partial charge in [0, 0.05) is 5.39 Å². The van der Waals surface area contributed by atoms with Crippen LogP contribution in [-0.4, -0.2) is 17.5 Å². The quantitative estimate of drug-likeness (QED) is 0.580. The molecule has 0 spiro atoms. The van der Waals surface area contributed by atoms with Gasteiger partial charge in [-0.15, -0.1) is 0 Å². The lowest BCUT2D eigenvalue weighted by Gasteiger charge is -2.05. The minimum absolute atomic E-state index is 0.0317. The number of hydrogen-bond donors (Lipinski definition) is 1. The standard InChI is InChI=1S/C21H16N2O2S/c24-18(12-25-15-6-2-1-3-7-15)22-21-23-20-16-8-4-5-13-9-10-14(19(13)16)11-17(20)26-21/h1-8,11H,9-10,12H2,(H,22,23,24). The average molecular weight is 360 g/mol. The summed E-state index contributed by atoms with van der Waals surface area (Å²) < 4.78 is 6.61. The Kier molecular flexibility index (Phi) is 3.60. The van der Waals surface area contributed by atoms with Crippen molar-refractivity contribution in [3.63, 3.8) is 0 Å². The molecule has 1 aliphatic carbocycles. The second-order valence-corrected chi connectivity index (χ2v) is 7.42. The number of thiazole rings is 1. The molecule has 0 saturated carbocycles. The minimum Gasteiger partial charge on any atom is -0.484 e. The molecule has 0 saturated heterocycles. The number of nitrogens with zero attached hydrogens (tertiary/aromatic N) is 1. The van der Waals surface area contributed by atoms with Crippen LogP contribution in [0.4, 0.5) is 5.13 Å². The first-order valence-electron chi connectivity index (χ1n) is 8.60. The van der Waals surface area contributed by atoms with Crippen LogP contribution < -0.4 is 10.1 Å². The number of carbonyl (C=O) groups is 1. The fourth-order valence-corrected chi connectivity index (χ4v) is 4.54. The number of rotatable bonds is 4. The molecule has 128 valence electrons. The van der Waals surface area contributed by atoms with Gasteiger partial charge in [0.15, 0.2) is 11.7 Å². The summed E-state index contributed by atoms with van der Waals surface area (Å²) >= 11 is 1.52. The molecular weight excluding hydrogens is 344 g/mol. The average Bonchev–Trinajstić information content (AvgIpc) is 3.26. The van der Waals surface area contributed by atoms with E-state index in [4.69, 9.17) is 4.74 Å². The summed E-state index contributed by atoms with van der Waals surface area (Å²) in [6, 6.07) is 18.0. The Balaban J connectivity index is 1.41. The van der Waals surface area contributed by atoms with Gasteiger partial charge in [-0.1, -0.05) is 47.7 Å². The van der Waals surface area contributed by atoms with Crippen LogP contribution in [-0.2, 0) is 17.6 Å². The second-order valence-electron chi connectivity index (χ2n) is 6.39. The monoisotopic (exact) mass is 360 g/mol. The fourth-order valence-electron chi connectivity index (χ4n) is 3.58. The third-order valence-electron chi connectivity index (χ3n) is 4.71. The number of anilines is 1. The van der Waals surface area contributed by atoms with Gasteiger partial charge in [0.2, 0.25) is 0 Å². The Morgan fingerprint density at radius 1 is 1.08 bits per heavy atom. The maximum Gasteiger partial charge on any atom is 0.264 e. The van der Waals surface area contributed by atoms with E-state index in [0.717, 1.165) is 23.1 Å². The predicted molar refractivity (Wildman–Crippen MR) is 105 cm³/mol. The highest BCUT2D eigenvalue weighted by atomic mass is 32.1. The second kappa shape index (κ2) is 6.11. The SMILES string of the molecule is O=C(COc1ccccc1)Nc1nc2c(cc3c4c(cccc42)CC3)s1. The Hall–Kier alpha value is -2.92. The van der Waals surface area contributed by atoms with Gasteiger partial charge in [0.05, 0.1) is 10.2 Å². The van der Waals surface area contributed by atoms with Crippen LogP contribution >= 0.6 is 11.3 Å². The number of aryl methyl sites for hydroxylation is 2. The topological polar surface area (TPSA) is 51.2 Å². The van der Waals surface area contributed by atoms with Gasteiger partial charge in [-0.05, 0) is 47.6 Å². The zero-order valence-electron chi connectivity index (χ0n) is 14.0. The third kappa shape index (κ3) is 2.61. The molecule has 0 radical (unpaired) electrons. The lowest BCUT2D eigenvalue weighted by Crippen LogP contribution is -2.19. The van der Waals surface area contributed by atoms with Gasteiger partial charge < -0.3 is 4.74 Å². The molecule has 3 aromatic carbocycles. The molecule has 4 aromatic rings. The molecule has 1 amide bonds. The number of benzene rings is 3. The number of nitrogens with one attached hydrogen (secondary N) is 1. The molecule has 0 aliphatic heterocycles. The maximum absolute atomic E-state index is 12.2. The number of fused-ring (bicyclic) bond motifs is 2. The van der Waals surface area contributed by atoms with Crippen molar-refractivity contribution >= 4 is 43.4 Å². The van der Waals surface area contributed by atoms with Crippen LogP contribution in [0, 0.1) is 0 Å². The molecule has 5 rings (SSSR count). The zero-order valence-corrected chi connectivity index (χ0v) is 14.8. The van der Waals surface area contributed by atoms with E-state index in [0.29, 0.717) is 10.9 Å². The molecule has 1 aliphatic rings. The van der Waals surface area contributed by atoms with E-state index in [1.807, 2.05) is 30.3 Å². The van der Waals surface area contributed by atoms with Crippen molar-refractivity contribution in [3.8, 4) is 5.75 Å². The molecule has 0 fully saturated rings. The third-order valence-corrected chi connectivity index (χ3v) is 5.63. The predicted octanol–water partition coefficient (Wildman–Crippen LogP) is 4.57. The largest absolute Gasteiger partial charge is 0.484 e. The van der Waals surface area contributed by atoms with Gasteiger partial charge in [0.25, 0.3) is 5.91 Å². The Labute approximate surface area is 154 Å². The number of ether oxygens (including phenoxy) is 1. The Morgan fingerprint density at radius 2 is 1.92 bits per heavy atom. The van der Waals surface area contributed by atoms with E-state index in [9.17, 15) is 4.79 Å². The van der Waals surface area contributed by atoms with E-state index in [1.165, 1.54) is 33.2 Å². The van der Waals surface area contributed by atoms with E-state index in [2.05, 4.69) is 34.6 Å². The Morgan fingerprint density at radius 3 is 2.81 bits per heavy atom. The van der Waals surface area contributed by atoms with Crippen LogP contribution in [0.1, 0.15) is 11.1 Å². The van der Waals surface area contributed by atoms with Crippen LogP contribution in [0.2, 0.25) is 0 Å². The smallest absolute Gasteiger partial charge is 0.264 e. The van der Waals surface area contributed by atoms with Gasteiger partial charge in [-0.3, -0.25) is 10.1 Å². The summed E-state index contributed by atoms with van der Waals surface area (Å²) in [5.41, 5.74) is 3.75. The van der Waals surface area contributed by atoms with Gasteiger partial charge in [0.1, 0.15) is 5.75 Å². The number of hydrogen-bond acceptors (Lipinski definition) is 4. The molecule has 0 bridgehead atoms. The molecular formula is C21H16N2O2S. The zero-order chi connectivity index (χ0) is 17.5. The number of aromatic nitrogens is 1. The highest BCUT2D eigenvalue weighted by Crippen LogP contribution is 2.38. The highest BCUT2D eigenvalue weighted by Gasteiger charge is 2.19. The lowest BCUT2D eigenvalue weighted by molar-refractivity contribution is -0.118. The molecule has 1 N–H and O–H groups in total. The first-order chi connectivity index (χ1) is 12.8. The normalized spacial score (nSPS) is 12.6. The van der Waals surface area contributed by atoms with Gasteiger partial charge >= 0.3 is 0 Å². The van der Waals surface area contributed by atoms with E-state index >= 15 is 0 Å². The summed E-state index contributed by atoms with van der Waals surface area (Å²) in [6.45, 7) is -0.0317. The van der Waals surface area contributed by atoms with Crippen molar-refractivity contribution in [2.75, 3.05) is 11.9 Å². The highest BCUT2D eigenvalue weighted by molar-refractivity contribution is 7.22. The van der Waals surface area contributed by atoms with Crippen molar-refractivity contribution in [2.45, 2.75) is 12.8 Å². The van der Waals surface area contributed by atoms with Gasteiger partial charge in [-0.25, -0.2) is 4.98 Å². The van der Waals surface area contributed by atoms with Gasteiger partial charge in [-0.2, -0.15) is 0 Å². The number of para-hydroxylation sites is 1. The molecule has 4 nitrogen and oxygen atoms in total. The summed E-state index contributed by atoms with van der Waals surface area (Å²) in [4.78, 5) is 16.9. The molecule has 0 atom stereocenters. The van der Waals surface area contributed by atoms with E-state index in [-0.39, 0.29) is 12.5 Å². The first kappa shape index (κ1) is 15.3. The molecule has 0 unspecified atom stereocenters. The molecule has 26 heavy (non-hydrogen) atoms. The van der Waals surface area contributed by atoms with Crippen molar-refractivity contribution in [3.05, 3.63) is 65.7 Å². The summed E-state index contributed by atoms with van der Waals surface area (Å²) in [6.07, 6.45) is 2.18. The van der Waals surface area contributed by atoms with E-state index in [1.54, 1.807) is 0 Å². The van der Waals surface area contributed by atoms with Crippen LogP contribution in [0.15, 0.2) is 54.6 Å². The van der Waals surface area contributed by atoms with Crippen molar-refractivity contribution < 1.29 is 9.53 Å². The first-order valence-corrected chi connectivity index (χ1v) is 9.41. The number of carbonyl (C=O) groups excluding carboxylic acids is 1. The maximum atomic E-state index is 12.2.